The second-order valence-electron chi connectivity index (χ2n) is 9.95. The number of ether oxygens (including phenoxy) is 2. The van der Waals surface area contributed by atoms with E-state index in [0.29, 0.717) is 18.5 Å². The number of fused-ring (bicyclic) bond motifs is 1. The summed E-state index contributed by atoms with van der Waals surface area (Å²) in [6.45, 7) is -0.682. The topological polar surface area (TPSA) is 203 Å². The zero-order chi connectivity index (χ0) is 29.7. The van der Waals surface area contributed by atoms with Gasteiger partial charge in [0.25, 0.3) is 0 Å². The average molecular weight is 573 g/mol. The van der Waals surface area contributed by atoms with Gasteiger partial charge in [-0.15, -0.1) is 0 Å². The number of carbonyl (C=O) groups excluding carboxylic acids is 2. The van der Waals surface area contributed by atoms with Crippen LogP contribution in [0.5, 0.6) is 0 Å². The Labute approximate surface area is 234 Å². The van der Waals surface area contributed by atoms with Crippen LogP contribution in [-0.2, 0) is 41.5 Å². The molecule has 0 radical (unpaired) electrons. The number of amides is 1. The fourth-order valence-corrected chi connectivity index (χ4v) is 4.96. The van der Waals surface area contributed by atoms with Crippen molar-refractivity contribution in [1.82, 2.24) is 5.32 Å². The fraction of sp³-hybridized carbons (Fsp3) is 0.429. The van der Waals surface area contributed by atoms with Gasteiger partial charge in [-0.05, 0) is 42.9 Å². The van der Waals surface area contributed by atoms with E-state index in [4.69, 9.17) is 9.47 Å². The van der Waals surface area contributed by atoms with Gasteiger partial charge in [-0.25, -0.2) is 4.79 Å². The number of carbonyl (C=O) groups is 4. The monoisotopic (exact) mass is 572 g/mol. The van der Waals surface area contributed by atoms with Crippen LogP contribution in [0.25, 0.3) is 0 Å². The first-order valence-electron chi connectivity index (χ1n) is 13.1. The van der Waals surface area contributed by atoms with Gasteiger partial charge >= 0.3 is 17.9 Å². The van der Waals surface area contributed by atoms with Gasteiger partial charge in [0.2, 0.25) is 12.2 Å². The third-order valence-electron chi connectivity index (χ3n) is 7.16. The molecule has 4 rings (SSSR count). The lowest BCUT2D eigenvalue weighted by atomic mass is 9.99. The van der Waals surface area contributed by atoms with Crippen molar-refractivity contribution in [3.8, 4) is 0 Å². The zero-order valence-electron chi connectivity index (χ0n) is 21.9. The van der Waals surface area contributed by atoms with E-state index in [9.17, 15) is 44.7 Å². The quantitative estimate of drug-likeness (QED) is 0.199. The minimum Gasteiger partial charge on any atom is -0.480 e. The van der Waals surface area contributed by atoms with Gasteiger partial charge in [0.05, 0.1) is 6.04 Å². The molecule has 13 nitrogen and oxygen atoms in total. The predicted molar refractivity (Wildman–Crippen MR) is 141 cm³/mol. The third-order valence-corrected chi connectivity index (χ3v) is 7.16. The van der Waals surface area contributed by atoms with Crippen LogP contribution in [0.4, 0.5) is 5.69 Å². The van der Waals surface area contributed by atoms with Gasteiger partial charge in [0.1, 0.15) is 30.9 Å². The van der Waals surface area contributed by atoms with Crippen molar-refractivity contribution in [1.29, 1.82) is 0 Å². The van der Waals surface area contributed by atoms with Crippen LogP contribution < -0.4 is 10.2 Å². The number of hydrogen-bond acceptors (Lipinski definition) is 10. The second-order valence-corrected chi connectivity index (χ2v) is 9.95. The van der Waals surface area contributed by atoms with Crippen molar-refractivity contribution in [2.75, 3.05) is 11.4 Å². The highest BCUT2D eigenvalue weighted by Gasteiger charge is 2.49. The number of nitrogens with one attached hydrogen (secondary N) is 1. The Balaban J connectivity index is 1.50. The second kappa shape index (κ2) is 13.2. The summed E-state index contributed by atoms with van der Waals surface area (Å²) in [5.41, 5.74) is 2.07. The molecule has 2 aromatic carbocycles. The molecule has 6 N–H and O–H groups in total. The molecular weight excluding hydrogens is 540 g/mol. The van der Waals surface area contributed by atoms with E-state index in [2.05, 4.69) is 5.32 Å². The summed E-state index contributed by atoms with van der Waals surface area (Å²) in [5, 5.41) is 52.1. The third kappa shape index (κ3) is 7.07. The van der Waals surface area contributed by atoms with Crippen molar-refractivity contribution in [3.05, 3.63) is 65.7 Å². The van der Waals surface area contributed by atoms with E-state index < -0.39 is 73.1 Å². The summed E-state index contributed by atoms with van der Waals surface area (Å²) in [4.78, 5) is 51.2. The number of anilines is 1. The lowest BCUT2D eigenvalue weighted by Crippen LogP contribution is -2.61. The van der Waals surface area contributed by atoms with Gasteiger partial charge in [-0.1, -0.05) is 48.5 Å². The highest BCUT2D eigenvalue weighted by Crippen LogP contribution is 2.28. The molecule has 13 heteroatoms. The molecule has 1 fully saturated rings. The number of aryl methyl sites for hydroxylation is 2. The number of carboxylic acids is 2. The molecule has 2 aliphatic rings. The Morgan fingerprint density at radius 2 is 1.66 bits per heavy atom. The van der Waals surface area contributed by atoms with Gasteiger partial charge in [-0.2, -0.15) is 0 Å². The van der Waals surface area contributed by atoms with Gasteiger partial charge < -0.3 is 35.0 Å². The van der Waals surface area contributed by atoms with Crippen LogP contribution in [-0.4, -0.2) is 98.7 Å². The van der Waals surface area contributed by atoms with Crippen molar-refractivity contribution in [2.24, 2.45) is 0 Å². The number of esters is 1. The van der Waals surface area contributed by atoms with E-state index in [1.165, 1.54) is 0 Å². The van der Waals surface area contributed by atoms with Crippen LogP contribution in [0.3, 0.4) is 0 Å². The summed E-state index contributed by atoms with van der Waals surface area (Å²) < 4.78 is 10.1. The molecule has 0 saturated carbocycles. The van der Waals surface area contributed by atoms with Crippen molar-refractivity contribution in [2.45, 2.75) is 68.5 Å². The fourth-order valence-electron chi connectivity index (χ4n) is 4.96. The molecule has 1 amide bonds. The molecule has 41 heavy (non-hydrogen) atoms. The van der Waals surface area contributed by atoms with Crippen molar-refractivity contribution in [3.63, 3.8) is 0 Å². The number of aliphatic hydroxyl groups excluding tert-OH is 3. The molecule has 0 spiro atoms. The van der Waals surface area contributed by atoms with Crippen LogP contribution in [0.1, 0.15) is 24.0 Å². The smallest absolute Gasteiger partial charge is 0.335 e. The standard InChI is InChI=1S/C28H32N2O11/c31-20(40-28-23(34)21(32)22(33)24(41-28)27(38)39)14-30-19-9-5-4-8-16(19)11-13-17(25(30)35)29-18(26(36)37)12-10-15-6-2-1-3-7-15/h1-9,17-18,21-24,28-29,32-34H,10-14H2,(H,36,37)(H,38,39)/t17-,18+,21?,22?,23?,24?,28?/m0/s1. The molecule has 2 aliphatic heterocycles. The maximum absolute atomic E-state index is 13.7. The molecule has 2 aromatic rings. The minimum absolute atomic E-state index is 0.216. The predicted octanol–water partition coefficient (Wildman–Crippen LogP) is -0.555. The van der Waals surface area contributed by atoms with Crippen LogP contribution in [0.2, 0.25) is 0 Å². The summed E-state index contributed by atoms with van der Waals surface area (Å²) in [5.74, 6) is -4.44. The van der Waals surface area contributed by atoms with Crippen LogP contribution >= 0.6 is 0 Å². The highest BCUT2D eigenvalue weighted by atomic mass is 16.7. The minimum atomic E-state index is -1.97. The van der Waals surface area contributed by atoms with E-state index in [1.54, 1.807) is 24.3 Å². The molecule has 0 aromatic heterocycles. The maximum Gasteiger partial charge on any atom is 0.335 e. The number of hydrogen-bond donors (Lipinski definition) is 6. The largest absolute Gasteiger partial charge is 0.480 e. The lowest BCUT2D eigenvalue weighted by molar-refractivity contribution is -0.285. The van der Waals surface area contributed by atoms with Crippen LogP contribution in [0, 0.1) is 0 Å². The average Bonchev–Trinajstić information content (AvgIpc) is 3.08. The Kier molecular flexibility index (Phi) is 9.68. The number of benzene rings is 2. The first-order valence-corrected chi connectivity index (χ1v) is 13.1. The summed E-state index contributed by atoms with van der Waals surface area (Å²) in [6, 6.07) is 14.1. The first kappa shape index (κ1) is 30.1. The zero-order valence-corrected chi connectivity index (χ0v) is 21.9. The maximum atomic E-state index is 13.7. The number of aliphatic carboxylic acids is 2. The van der Waals surface area contributed by atoms with Gasteiger partial charge in [0.15, 0.2) is 6.10 Å². The van der Waals surface area contributed by atoms with Gasteiger partial charge in [-0.3, -0.25) is 24.6 Å². The number of aliphatic hydroxyl groups is 3. The van der Waals surface area contributed by atoms with Gasteiger partial charge in [0, 0.05) is 5.69 Å². The number of carboxylic acid groups (broad SMARTS) is 2. The molecular formula is C28H32N2O11. The first-order chi connectivity index (χ1) is 19.6. The molecule has 0 bridgehead atoms. The highest BCUT2D eigenvalue weighted by molar-refractivity contribution is 6.02. The van der Waals surface area contributed by atoms with E-state index >= 15 is 0 Å². The van der Waals surface area contributed by atoms with Crippen LogP contribution in [0.15, 0.2) is 54.6 Å². The van der Waals surface area contributed by atoms with Crippen molar-refractivity contribution < 1.29 is 54.2 Å². The Hall–Kier alpha value is -3.88. The Bertz CT molecular complexity index is 1260. The van der Waals surface area contributed by atoms with E-state index in [1.807, 2.05) is 30.3 Å². The normalized spacial score (nSPS) is 26.9. The Morgan fingerprint density at radius 3 is 2.34 bits per heavy atom. The SMILES string of the molecule is O=C(CN1C(=O)[C@@H](N[C@H](CCc2ccccc2)C(=O)O)CCc2ccccc21)OC1OC(C(=O)O)C(O)C(O)C1O. The molecule has 7 atom stereocenters. The summed E-state index contributed by atoms with van der Waals surface area (Å²) in [7, 11) is 0. The molecule has 1 saturated heterocycles. The number of para-hydroxylation sites is 1. The van der Waals surface area contributed by atoms with E-state index in [-0.39, 0.29) is 12.8 Å². The Morgan fingerprint density at radius 1 is 0.976 bits per heavy atom. The summed E-state index contributed by atoms with van der Waals surface area (Å²) >= 11 is 0. The summed E-state index contributed by atoms with van der Waals surface area (Å²) in [6.07, 6.45) is -8.44. The number of nitrogens with zero attached hydrogens (tertiary/aromatic N) is 1. The lowest BCUT2D eigenvalue weighted by Gasteiger charge is -2.38. The number of rotatable bonds is 10. The van der Waals surface area contributed by atoms with Crippen molar-refractivity contribution >= 4 is 29.5 Å². The molecule has 0 aliphatic carbocycles. The molecule has 220 valence electrons. The molecule has 5 unspecified atom stereocenters. The molecule has 2 heterocycles. The van der Waals surface area contributed by atoms with E-state index in [0.717, 1.165) is 16.0 Å².